The lowest BCUT2D eigenvalue weighted by Gasteiger charge is -2.26. The van der Waals surface area contributed by atoms with Crippen molar-refractivity contribution in [1.29, 1.82) is 0 Å². The lowest BCUT2D eigenvalue weighted by atomic mass is 10.0. The molecule has 4 nitrogen and oxygen atoms in total. The molecule has 2 aromatic rings. The van der Waals surface area contributed by atoms with E-state index in [-0.39, 0.29) is 6.09 Å². The van der Waals surface area contributed by atoms with E-state index in [0.29, 0.717) is 13.1 Å². The third-order valence-electron chi connectivity index (χ3n) is 3.88. The van der Waals surface area contributed by atoms with Gasteiger partial charge in [-0.2, -0.15) is 0 Å². The monoisotopic (exact) mass is 408 g/mol. The van der Waals surface area contributed by atoms with E-state index in [1.165, 1.54) is 11.1 Å². The molecule has 1 amide bonds. The molecule has 6 heteroatoms. The van der Waals surface area contributed by atoms with Gasteiger partial charge in [0.05, 0.1) is 9.98 Å². The van der Waals surface area contributed by atoms with Gasteiger partial charge in [0, 0.05) is 18.7 Å². The zero-order valence-electron chi connectivity index (χ0n) is 14.1. The number of rotatable bonds is 1. The lowest BCUT2D eigenvalue weighted by molar-refractivity contribution is 0.0258. The second kappa shape index (κ2) is 6.84. The van der Waals surface area contributed by atoms with Crippen LogP contribution >= 0.6 is 27.3 Å². The maximum absolute atomic E-state index is 12.3. The minimum absolute atomic E-state index is 0.223. The van der Waals surface area contributed by atoms with Crippen LogP contribution in [0.5, 0.6) is 0 Å². The first-order chi connectivity index (χ1) is 11.3. The predicted octanol–water partition coefficient (Wildman–Crippen LogP) is 4.91. The average Bonchev–Trinajstić information content (AvgIpc) is 2.81. The van der Waals surface area contributed by atoms with Gasteiger partial charge in [-0.25, -0.2) is 9.78 Å². The summed E-state index contributed by atoms with van der Waals surface area (Å²) in [5.74, 6) is 0. The van der Waals surface area contributed by atoms with E-state index in [1.54, 1.807) is 11.3 Å². The van der Waals surface area contributed by atoms with Gasteiger partial charge in [0.15, 0.2) is 0 Å². The summed E-state index contributed by atoms with van der Waals surface area (Å²) in [5.41, 5.74) is 3.28. The van der Waals surface area contributed by atoms with E-state index in [0.717, 1.165) is 27.2 Å². The number of hydrogen-bond donors (Lipinski definition) is 0. The molecule has 0 N–H and O–H groups in total. The highest BCUT2D eigenvalue weighted by atomic mass is 79.9. The fourth-order valence-electron chi connectivity index (χ4n) is 2.76. The number of benzene rings is 1. The second-order valence-corrected chi connectivity index (χ2v) is 9.33. The molecule has 0 saturated carbocycles. The molecule has 128 valence electrons. The van der Waals surface area contributed by atoms with Crippen molar-refractivity contribution in [1.82, 2.24) is 9.88 Å². The molecular weight excluding hydrogens is 388 g/mol. The minimum atomic E-state index is -0.457. The second-order valence-electron chi connectivity index (χ2n) is 6.92. The molecule has 1 aliphatic heterocycles. The van der Waals surface area contributed by atoms with Crippen LogP contribution < -0.4 is 0 Å². The van der Waals surface area contributed by atoms with E-state index in [9.17, 15) is 4.79 Å². The third kappa shape index (κ3) is 4.16. The third-order valence-corrected chi connectivity index (χ3v) is 5.41. The van der Waals surface area contributed by atoms with Gasteiger partial charge in [0.1, 0.15) is 10.6 Å². The van der Waals surface area contributed by atoms with Gasteiger partial charge in [-0.15, -0.1) is 11.3 Å². The number of nitrogens with zero attached hydrogens (tertiary/aromatic N) is 2. The average molecular weight is 409 g/mol. The summed E-state index contributed by atoms with van der Waals surface area (Å²) in [6.07, 6.45) is 3.31. The Morgan fingerprint density at radius 1 is 1.25 bits per heavy atom. The van der Waals surface area contributed by atoms with Crippen LogP contribution in [0.4, 0.5) is 4.79 Å². The first kappa shape index (κ1) is 17.4. The molecule has 0 spiro atoms. The standard InChI is InChI=1S/C18H21BrN2O2S/c1-18(2,3)23-17(22)21-8-6-12-4-5-14(10-13(12)7-9-21)16-20-11-15(19)24-16/h4-5,10-11H,6-9H2,1-3H3. The SMILES string of the molecule is CC(C)(C)OC(=O)N1CCc2ccc(-c3ncc(Br)s3)cc2CC1. The van der Waals surface area contributed by atoms with E-state index in [1.807, 2.05) is 31.9 Å². The van der Waals surface area contributed by atoms with E-state index >= 15 is 0 Å². The number of carbonyl (C=O) groups excluding carboxylic acids is 1. The van der Waals surface area contributed by atoms with Crippen LogP contribution in [0.2, 0.25) is 0 Å². The van der Waals surface area contributed by atoms with Crippen LogP contribution in [-0.2, 0) is 17.6 Å². The van der Waals surface area contributed by atoms with Gasteiger partial charge in [0.25, 0.3) is 0 Å². The quantitative estimate of drug-likeness (QED) is 0.672. The predicted molar refractivity (Wildman–Crippen MR) is 100 cm³/mol. The topological polar surface area (TPSA) is 42.4 Å². The Kier molecular flexibility index (Phi) is 4.97. The number of aromatic nitrogens is 1. The molecule has 1 aromatic heterocycles. The van der Waals surface area contributed by atoms with E-state index in [4.69, 9.17) is 4.74 Å². The van der Waals surface area contributed by atoms with Gasteiger partial charge in [-0.1, -0.05) is 12.1 Å². The van der Waals surface area contributed by atoms with Crippen molar-refractivity contribution in [2.45, 2.75) is 39.2 Å². The summed E-state index contributed by atoms with van der Waals surface area (Å²) >= 11 is 5.09. The zero-order chi connectivity index (χ0) is 17.3. The van der Waals surface area contributed by atoms with Crippen molar-refractivity contribution < 1.29 is 9.53 Å². The lowest BCUT2D eigenvalue weighted by Crippen LogP contribution is -2.38. The highest BCUT2D eigenvalue weighted by Crippen LogP contribution is 2.30. The highest BCUT2D eigenvalue weighted by molar-refractivity contribution is 9.11. The maximum atomic E-state index is 12.3. The number of amides is 1. The number of thiazole rings is 1. The van der Waals surface area contributed by atoms with Crippen molar-refractivity contribution >= 4 is 33.4 Å². The molecule has 0 fully saturated rings. The Morgan fingerprint density at radius 3 is 2.58 bits per heavy atom. The first-order valence-corrected chi connectivity index (χ1v) is 9.64. The van der Waals surface area contributed by atoms with Gasteiger partial charge >= 0.3 is 6.09 Å². The molecule has 1 aromatic carbocycles. The fraction of sp³-hybridized carbons (Fsp3) is 0.444. The molecule has 0 unspecified atom stereocenters. The Balaban J connectivity index is 1.75. The maximum Gasteiger partial charge on any atom is 0.410 e. The van der Waals surface area contributed by atoms with Crippen molar-refractivity contribution in [3.8, 4) is 10.6 Å². The van der Waals surface area contributed by atoms with Crippen molar-refractivity contribution in [3.05, 3.63) is 39.3 Å². The summed E-state index contributed by atoms with van der Waals surface area (Å²) in [6.45, 7) is 7.08. The fourth-order valence-corrected chi connectivity index (χ4v) is 3.96. The van der Waals surface area contributed by atoms with Crippen LogP contribution in [0, 0.1) is 0 Å². The number of halogens is 1. The van der Waals surface area contributed by atoms with E-state index < -0.39 is 5.60 Å². The van der Waals surface area contributed by atoms with Gasteiger partial charge in [-0.3, -0.25) is 0 Å². The van der Waals surface area contributed by atoms with Crippen LogP contribution in [0.3, 0.4) is 0 Å². The van der Waals surface area contributed by atoms with Crippen LogP contribution in [0.1, 0.15) is 31.9 Å². The molecule has 24 heavy (non-hydrogen) atoms. The van der Waals surface area contributed by atoms with Crippen molar-refractivity contribution in [2.75, 3.05) is 13.1 Å². The number of fused-ring (bicyclic) bond motifs is 1. The van der Waals surface area contributed by atoms with Crippen molar-refractivity contribution in [2.24, 2.45) is 0 Å². The summed E-state index contributed by atoms with van der Waals surface area (Å²) < 4.78 is 6.53. The Morgan fingerprint density at radius 2 is 1.96 bits per heavy atom. The van der Waals surface area contributed by atoms with Gasteiger partial charge in [-0.05, 0) is 66.7 Å². The van der Waals surface area contributed by atoms with Gasteiger partial charge < -0.3 is 9.64 Å². The number of hydrogen-bond acceptors (Lipinski definition) is 4. The number of ether oxygens (including phenoxy) is 1. The molecule has 0 aliphatic carbocycles. The summed E-state index contributed by atoms with van der Waals surface area (Å²) in [7, 11) is 0. The molecule has 0 atom stereocenters. The molecule has 0 saturated heterocycles. The molecule has 0 bridgehead atoms. The first-order valence-electron chi connectivity index (χ1n) is 8.03. The molecule has 3 rings (SSSR count). The van der Waals surface area contributed by atoms with Crippen molar-refractivity contribution in [3.63, 3.8) is 0 Å². The van der Waals surface area contributed by atoms with E-state index in [2.05, 4.69) is 39.1 Å². The Hall–Kier alpha value is -1.40. The zero-order valence-corrected chi connectivity index (χ0v) is 16.5. The highest BCUT2D eigenvalue weighted by Gasteiger charge is 2.24. The minimum Gasteiger partial charge on any atom is -0.444 e. The molecule has 0 radical (unpaired) electrons. The molecular formula is C18H21BrN2O2S. The largest absolute Gasteiger partial charge is 0.444 e. The molecule has 2 heterocycles. The van der Waals surface area contributed by atoms with Crippen LogP contribution in [-0.4, -0.2) is 34.7 Å². The molecule has 1 aliphatic rings. The smallest absolute Gasteiger partial charge is 0.410 e. The summed E-state index contributed by atoms with van der Waals surface area (Å²) in [6, 6.07) is 6.49. The Bertz CT molecular complexity index is 752. The van der Waals surface area contributed by atoms with Crippen LogP contribution in [0.15, 0.2) is 28.2 Å². The number of carbonyl (C=O) groups is 1. The summed E-state index contributed by atoms with van der Waals surface area (Å²) in [5, 5.41) is 1.01. The normalized spacial score (nSPS) is 14.9. The summed E-state index contributed by atoms with van der Waals surface area (Å²) in [4.78, 5) is 18.5. The van der Waals surface area contributed by atoms with Gasteiger partial charge in [0.2, 0.25) is 0 Å². The Labute approximate surface area is 155 Å². The van der Waals surface area contributed by atoms with Crippen LogP contribution in [0.25, 0.3) is 10.6 Å².